The molecule has 0 radical (unpaired) electrons. The Labute approximate surface area is 179 Å². The smallest absolute Gasteiger partial charge is 0.268 e. The molecule has 31 heavy (non-hydrogen) atoms. The molecule has 0 saturated carbocycles. The fourth-order valence-electron chi connectivity index (χ4n) is 4.73. The third-order valence-electron chi connectivity index (χ3n) is 6.57. The second-order valence-electron chi connectivity index (χ2n) is 8.43. The Morgan fingerprint density at radius 1 is 1.00 bits per heavy atom. The number of aromatic nitrogens is 3. The van der Waals surface area contributed by atoms with Crippen LogP contribution >= 0.6 is 0 Å². The van der Waals surface area contributed by atoms with Gasteiger partial charge in [0.05, 0.1) is 30.0 Å². The van der Waals surface area contributed by atoms with E-state index in [1.54, 1.807) is 36.6 Å². The second-order valence-corrected chi connectivity index (χ2v) is 8.43. The molecule has 1 aliphatic carbocycles. The molecule has 2 aliphatic rings. The van der Waals surface area contributed by atoms with Gasteiger partial charge >= 0.3 is 0 Å². The molecule has 3 heterocycles. The summed E-state index contributed by atoms with van der Waals surface area (Å²) < 4.78 is 3.08. The highest BCUT2D eigenvalue weighted by Gasteiger charge is 2.31. The number of carbonyl (C=O) groups excluding carboxylic acids is 1. The first-order chi connectivity index (χ1) is 14.9. The third-order valence-corrected chi connectivity index (χ3v) is 6.57. The van der Waals surface area contributed by atoms with E-state index < -0.39 is 0 Å². The third kappa shape index (κ3) is 2.95. The zero-order valence-electron chi connectivity index (χ0n) is 17.9. The number of amides is 1. The molecule has 0 spiro atoms. The van der Waals surface area contributed by atoms with E-state index in [2.05, 4.69) is 11.1 Å². The van der Waals surface area contributed by atoms with Gasteiger partial charge in [-0.1, -0.05) is 12.1 Å². The van der Waals surface area contributed by atoms with Gasteiger partial charge in [0, 0.05) is 13.2 Å². The van der Waals surface area contributed by atoms with Gasteiger partial charge in [-0.25, -0.2) is 4.98 Å². The van der Waals surface area contributed by atoms with E-state index in [9.17, 15) is 14.4 Å². The van der Waals surface area contributed by atoms with Gasteiger partial charge in [-0.3, -0.25) is 23.5 Å². The van der Waals surface area contributed by atoms with Gasteiger partial charge in [-0.05, 0) is 61.9 Å². The molecule has 0 fully saturated rings. The van der Waals surface area contributed by atoms with Crippen molar-refractivity contribution < 1.29 is 4.79 Å². The number of fused-ring (bicyclic) bond motifs is 2. The van der Waals surface area contributed by atoms with E-state index in [0.29, 0.717) is 22.6 Å². The van der Waals surface area contributed by atoms with Crippen LogP contribution < -0.4 is 11.1 Å². The number of hydrogen-bond acceptors (Lipinski definition) is 4. The van der Waals surface area contributed by atoms with Crippen molar-refractivity contribution in [1.29, 1.82) is 0 Å². The molecule has 1 aliphatic heterocycles. The maximum absolute atomic E-state index is 13.5. The Hall–Kier alpha value is -3.48. The number of carbonyl (C=O) groups is 1. The largest absolute Gasteiger partial charge is 0.328 e. The van der Waals surface area contributed by atoms with Gasteiger partial charge < -0.3 is 4.90 Å². The highest BCUT2D eigenvalue weighted by atomic mass is 16.2. The molecule has 0 unspecified atom stereocenters. The molecule has 0 saturated heterocycles. The number of benzene rings is 1. The number of hydrogen-bond donors (Lipinski definition) is 0. The second kappa shape index (κ2) is 7.04. The standard InChI is InChI=1S/C24H24N4O3/c1-14-10-11-28(20-9-5-7-16-6-4-8-17(16)20)24(31)21(14)23(30)27-12-18-19(13-27)25-15(2)26(3)22(18)29/h5,7,9-11H,4,6,8,12-13H2,1-3H3. The van der Waals surface area contributed by atoms with Crippen LogP contribution in [-0.4, -0.2) is 24.9 Å². The van der Waals surface area contributed by atoms with Crippen LogP contribution in [0.1, 0.15) is 50.6 Å². The lowest BCUT2D eigenvalue weighted by Gasteiger charge is -2.18. The van der Waals surface area contributed by atoms with Gasteiger partial charge in [0.2, 0.25) is 0 Å². The lowest BCUT2D eigenvalue weighted by Crippen LogP contribution is -2.35. The minimum Gasteiger partial charge on any atom is -0.328 e. The van der Waals surface area contributed by atoms with Crippen LogP contribution in [0, 0.1) is 13.8 Å². The zero-order valence-corrected chi connectivity index (χ0v) is 17.9. The number of nitrogens with zero attached hydrogens (tertiary/aromatic N) is 4. The SMILES string of the molecule is Cc1ccn(-c2cccc3c2CCC3)c(=O)c1C(=O)N1Cc2nc(C)n(C)c(=O)c2C1. The van der Waals surface area contributed by atoms with E-state index in [4.69, 9.17) is 0 Å². The van der Waals surface area contributed by atoms with Crippen molar-refractivity contribution in [1.82, 2.24) is 19.0 Å². The molecule has 5 rings (SSSR count). The van der Waals surface area contributed by atoms with E-state index in [0.717, 1.165) is 24.9 Å². The Morgan fingerprint density at radius 3 is 2.61 bits per heavy atom. The summed E-state index contributed by atoms with van der Waals surface area (Å²) in [7, 11) is 1.67. The Morgan fingerprint density at radius 2 is 1.81 bits per heavy atom. The lowest BCUT2D eigenvalue weighted by atomic mass is 10.1. The first-order valence-corrected chi connectivity index (χ1v) is 10.5. The number of pyridine rings is 1. The van der Waals surface area contributed by atoms with Crippen LogP contribution in [0.25, 0.3) is 5.69 Å². The zero-order chi connectivity index (χ0) is 21.9. The summed E-state index contributed by atoms with van der Waals surface area (Å²) >= 11 is 0. The van der Waals surface area contributed by atoms with E-state index in [-0.39, 0.29) is 35.7 Å². The van der Waals surface area contributed by atoms with Crippen molar-refractivity contribution in [2.75, 3.05) is 0 Å². The molecule has 158 valence electrons. The maximum Gasteiger partial charge on any atom is 0.268 e. The van der Waals surface area contributed by atoms with Crippen molar-refractivity contribution >= 4 is 5.91 Å². The first-order valence-electron chi connectivity index (χ1n) is 10.5. The highest BCUT2D eigenvalue weighted by Crippen LogP contribution is 2.27. The number of rotatable bonds is 2. The predicted octanol–water partition coefficient (Wildman–Crippen LogP) is 2.19. The maximum atomic E-state index is 13.5. The fraction of sp³-hybridized carbons (Fsp3) is 0.333. The van der Waals surface area contributed by atoms with Crippen molar-refractivity contribution in [2.24, 2.45) is 7.05 Å². The molecular weight excluding hydrogens is 392 g/mol. The van der Waals surface area contributed by atoms with Gasteiger partial charge in [0.25, 0.3) is 17.0 Å². The average Bonchev–Trinajstić information content (AvgIpc) is 3.39. The summed E-state index contributed by atoms with van der Waals surface area (Å²) in [4.78, 5) is 45.5. The van der Waals surface area contributed by atoms with Crippen LogP contribution in [0.5, 0.6) is 0 Å². The predicted molar refractivity (Wildman–Crippen MR) is 117 cm³/mol. The van der Waals surface area contributed by atoms with Crippen LogP contribution in [0.4, 0.5) is 0 Å². The van der Waals surface area contributed by atoms with Crippen LogP contribution in [0.15, 0.2) is 40.1 Å². The van der Waals surface area contributed by atoms with Gasteiger partial charge in [0.15, 0.2) is 0 Å². The summed E-state index contributed by atoms with van der Waals surface area (Å²) in [5, 5.41) is 0. The molecule has 1 aromatic carbocycles. The summed E-state index contributed by atoms with van der Waals surface area (Å²) in [5.41, 5.74) is 4.77. The molecule has 2 aromatic heterocycles. The lowest BCUT2D eigenvalue weighted by molar-refractivity contribution is 0.0747. The molecule has 0 N–H and O–H groups in total. The van der Waals surface area contributed by atoms with Gasteiger partial charge in [-0.2, -0.15) is 0 Å². The topological polar surface area (TPSA) is 77.2 Å². The molecule has 3 aromatic rings. The monoisotopic (exact) mass is 416 g/mol. The summed E-state index contributed by atoms with van der Waals surface area (Å²) in [6.45, 7) is 3.95. The van der Waals surface area contributed by atoms with Crippen LogP contribution in [-0.2, 0) is 33.0 Å². The van der Waals surface area contributed by atoms with Crippen molar-refractivity contribution in [3.63, 3.8) is 0 Å². The molecular formula is C24H24N4O3. The average molecular weight is 416 g/mol. The fourth-order valence-corrected chi connectivity index (χ4v) is 4.73. The van der Waals surface area contributed by atoms with E-state index in [1.807, 2.05) is 18.2 Å². The van der Waals surface area contributed by atoms with Crippen molar-refractivity contribution in [3.8, 4) is 5.69 Å². The summed E-state index contributed by atoms with van der Waals surface area (Å²) in [5.74, 6) is 0.247. The molecule has 0 atom stereocenters. The summed E-state index contributed by atoms with van der Waals surface area (Å²) in [6, 6.07) is 7.83. The minimum atomic E-state index is -0.359. The normalized spacial score (nSPS) is 14.6. The van der Waals surface area contributed by atoms with Gasteiger partial charge in [0.1, 0.15) is 11.4 Å². The Kier molecular flexibility index (Phi) is 4.43. The van der Waals surface area contributed by atoms with Gasteiger partial charge in [-0.15, -0.1) is 0 Å². The van der Waals surface area contributed by atoms with Crippen LogP contribution in [0.2, 0.25) is 0 Å². The number of aryl methyl sites for hydroxylation is 3. The molecule has 7 nitrogen and oxygen atoms in total. The van der Waals surface area contributed by atoms with Crippen molar-refractivity contribution in [2.45, 2.75) is 46.2 Å². The highest BCUT2D eigenvalue weighted by molar-refractivity contribution is 5.95. The summed E-state index contributed by atoms with van der Waals surface area (Å²) in [6.07, 6.45) is 4.78. The molecule has 1 amide bonds. The van der Waals surface area contributed by atoms with Crippen molar-refractivity contribution in [3.05, 3.63) is 90.5 Å². The molecule has 7 heteroatoms. The van der Waals surface area contributed by atoms with E-state index in [1.165, 1.54) is 15.7 Å². The Bertz CT molecular complexity index is 1370. The first kappa shape index (κ1) is 19.5. The minimum absolute atomic E-state index is 0.139. The van der Waals surface area contributed by atoms with E-state index >= 15 is 0 Å². The Balaban J connectivity index is 1.56. The van der Waals surface area contributed by atoms with Crippen LogP contribution in [0.3, 0.4) is 0 Å². The quantitative estimate of drug-likeness (QED) is 0.642. The molecule has 0 bridgehead atoms.